The maximum atomic E-state index is 12.5. The van der Waals surface area contributed by atoms with E-state index in [4.69, 9.17) is 16.3 Å². The van der Waals surface area contributed by atoms with Crippen LogP contribution in [0.5, 0.6) is 5.88 Å². The van der Waals surface area contributed by atoms with E-state index in [1.807, 2.05) is 12.1 Å². The van der Waals surface area contributed by atoms with Crippen LogP contribution >= 0.6 is 27.5 Å². The molecule has 0 bridgehead atoms. The van der Waals surface area contributed by atoms with Crippen molar-refractivity contribution in [2.45, 2.75) is 12.5 Å². The van der Waals surface area contributed by atoms with Gasteiger partial charge in [0.2, 0.25) is 5.88 Å². The van der Waals surface area contributed by atoms with E-state index < -0.39 is 0 Å². The van der Waals surface area contributed by atoms with E-state index in [2.05, 4.69) is 20.9 Å². The zero-order valence-corrected chi connectivity index (χ0v) is 14.0. The molecule has 4 nitrogen and oxygen atoms in total. The fourth-order valence-corrected chi connectivity index (χ4v) is 2.97. The molecule has 0 spiro atoms. The smallest absolute Gasteiger partial charge is 0.254 e. The van der Waals surface area contributed by atoms with Crippen LogP contribution in [0.3, 0.4) is 0 Å². The molecule has 2 heterocycles. The van der Waals surface area contributed by atoms with E-state index in [1.165, 1.54) is 0 Å². The highest BCUT2D eigenvalue weighted by atomic mass is 79.9. The van der Waals surface area contributed by atoms with Crippen molar-refractivity contribution in [1.29, 1.82) is 0 Å². The number of likely N-dealkylation sites (tertiary alicyclic amines) is 1. The Bertz CT molecular complexity index is 695. The number of halogens is 2. The van der Waals surface area contributed by atoms with Gasteiger partial charge in [-0.1, -0.05) is 17.7 Å². The number of hydrogen-bond donors (Lipinski definition) is 0. The van der Waals surface area contributed by atoms with E-state index in [0.29, 0.717) is 29.6 Å². The van der Waals surface area contributed by atoms with Gasteiger partial charge in [-0.05, 0) is 46.3 Å². The highest BCUT2D eigenvalue weighted by Gasteiger charge is 2.29. The normalized spacial score (nSPS) is 17.5. The first-order valence-electron chi connectivity index (χ1n) is 6.95. The number of carbonyl (C=O) groups excluding carboxylic acids is 1. The Morgan fingerprint density at radius 1 is 1.36 bits per heavy atom. The van der Waals surface area contributed by atoms with E-state index in [9.17, 15) is 4.79 Å². The van der Waals surface area contributed by atoms with Crippen molar-refractivity contribution in [2.75, 3.05) is 13.1 Å². The molecule has 0 N–H and O–H groups in total. The Kier molecular flexibility index (Phi) is 4.64. The van der Waals surface area contributed by atoms with Crippen molar-refractivity contribution >= 4 is 33.4 Å². The van der Waals surface area contributed by atoms with Crippen molar-refractivity contribution in [1.82, 2.24) is 9.88 Å². The van der Waals surface area contributed by atoms with Gasteiger partial charge in [0.1, 0.15) is 6.10 Å². The van der Waals surface area contributed by atoms with Crippen molar-refractivity contribution < 1.29 is 9.53 Å². The topological polar surface area (TPSA) is 42.4 Å². The lowest BCUT2D eigenvalue weighted by Crippen LogP contribution is -2.31. The van der Waals surface area contributed by atoms with Crippen LogP contribution in [0, 0.1) is 0 Å². The summed E-state index contributed by atoms with van der Waals surface area (Å²) in [5.74, 6) is 0.540. The predicted octanol–water partition coefficient (Wildman–Crippen LogP) is 3.79. The molecule has 3 rings (SSSR count). The Morgan fingerprint density at radius 3 is 3.00 bits per heavy atom. The van der Waals surface area contributed by atoms with Gasteiger partial charge in [0.15, 0.2) is 0 Å². The maximum Gasteiger partial charge on any atom is 0.254 e. The lowest BCUT2D eigenvalue weighted by atomic mass is 10.2. The Hall–Kier alpha value is -1.59. The number of nitrogens with zero attached hydrogens (tertiary/aromatic N) is 2. The van der Waals surface area contributed by atoms with Crippen molar-refractivity contribution in [3.05, 3.63) is 57.7 Å². The average molecular weight is 382 g/mol. The van der Waals surface area contributed by atoms with E-state index in [1.54, 1.807) is 35.4 Å². The zero-order chi connectivity index (χ0) is 15.5. The van der Waals surface area contributed by atoms with E-state index >= 15 is 0 Å². The van der Waals surface area contributed by atoms with Crippen LogP contribution in [0.1, 0.15) is 16.8 Å². The molecule has 1 aromatic carbocycles. The van der Waals surface area contributed by atoms with Crippen molar-refractivity contribution in [3.8, 4) is 5.88 Å². The molecule has 0 saturated carbocycles. The van der Waals surface area contributed by atoms with Gasteiger partial charge in [-0.25, -0.2) is 4.98 Å². The van der Waals surface area contributed by atoms with Gasteiger partial charge < -0.3 is 9.64 Å². The predicted molar refractivity (Wildman–Crippen MR) is 88.3 cm³/mol. The fourth-order valence-electron chi connectivity index (χ4n) is 2.43. The molecule has 1 aliphatic rings. The quantitative estimate of drug-likeness (QED) is 0.812. The van der Waals surface area contributed by atoms with Crippen LogP contribution in [0.2, 0.25) is 5.02 Å². The highest BCUT2D eigenvalue weighted by molar-refractivity contribution is 9.10. The molecule has 1 saturated heterocycles. The summed E-state index contributed by atoms with van der Waals surface area (Å²) in [4.78, 5) is 18.4. The summed E-state index contributed by atoms with van der Waals surface area (Å²) < 4.78 is 6.68. The van der Waals surface area contributed by atoms with Crippen molar-refractivity contribution in [2.24, 2.45) is 0 Å². The van der Waals surface area contributed by atoms with Crippen LogP contribution in [-0.2, 0) is 0 Å². The third-order valence-electron chi connectivity index (χ3n) is 3.51. The lowest BCUT2D eigenvalue weighted by Gasteiger charge is -2.17. The minimum atomic E-state index is -0.0469. The SMILES string of the molecule is O=C(c1cccc(Cl)c1)N1CCC(Oc2ncccc2Br)C1. The highest BCUT2D eigenvalue weighted by Crippen LogP contribution is 2.25. The van der Waals surface area contributed by atoms with Crippen LogP contribution in [0.4, 0.5) is 0 Å². The van der Waals surface area contributed by atoms with Crippen LogP contribution in [0.25, 0.3) is 0 Å². The molecule has 1 amide bonds. The average Bonchev–Trinajstić information content (AvgIpc) is 2.97. The number of aromatic nitrogens is 1. The van der Waals surface area contributed by atoms with E-state index in [-0.39, 0.29) is 12.0 Å². The molecule has 2 aromatic rings. The maximum absolute atomic E-state index is 12.5. The molecule has 1 fully saturated rings. The molecular formula is C16H14BrClN2O2. The van der Waals surface area contributed by atoms with Crippen LogP contribution in [-0.4, -0.2) is 35.0 Å². The molecule has 0 aliphatic carbocycles. The van der Waals surface area contributed by atoms with Gasteiger partial charge >= 0.3 is 0 Å². The van der Waals surface area contributed by atoms with Crippen molar-refractivity contribution in [3.63, 3.8) is 0 Å². The first-order valence-corrected chi connectivity index (χ1v) is 8.12. The lowest BCUT2D eigenvalue weighted by molar-refractivity contribution is 0.0771. The summed E-state index contributed by atoms with van der Waals surface area (Å²) >= 11 is 9.35. The Morgan fingerprint density at radius 2 is 2.23 bits per heavy atom. The van der Waals surface area contributed by atoms with Gasteiger partial charge in [-0.2, -0.15) is 0 Å². The summed E-state index contributed by atoms with van der Waals surface area (Å²) in [6.45, 7) is 1.22. The molecule has 22 heavy (non-hydrogen) atoms. The molecule has 6 heteroatoms. The summed E-state index contributed by atoms with van der Waals surface area (Å²) in [7, 11) is 0. The van der Waals surface area contributed by atoms with E-state index in [0.717, 1.165) is 10.9 Å². The largest absolute Gasteiger partial charge is 0.472 e. The Labute approximate surface area is 142 Å². The Balaban J connectivity index is 1.65. The fraction of sp³-hybridized carbons (Fsp3) is 0.250. The van der Waals surface area contributed by atoms with Gasteiger partial charge in [0.05, 0.1) is 11.0 Å². The minimum absolute atomic E-state index is 0.0197. The molecule has 0 radical (unpaired) electrons. The second kappa shape index (κ2) is 6.67. The molecule has 1 unspecified atom stereocenters. The number of amides is 1. The van der Waals surface area contributed by atoms with Gasteiger partial charge in [-0.3, -0.25) is 4.79 Å². The number of benzene rings is 1. The second-order valence-corrected chi connectivity index (χ2v) is 6.37. The first-order chi connectivity index (χ1) is 10.6. The standard InChI is InChI=1S/C16H14BrClN2O2/c17-14-5-2-7-19-15(14)22-13-6-8-20(10-13)16(21)11-3-1-4-12(18)9-11/h1-5,7,9,13H,6,8,10H2. The number of carbonyl (C=O) groups is 1. The number of ether oxygens (including phenoxy) is 1. The molecule has 1 aliphatic heterocycles. The molecule has 114 valence electrons. The second-order valence-electron chi connectivity index (χ2n) is 5.08. The van der Waals surface area contributed by atoms with Gasteiger partial charge in [0, 0.05) is 29.7 Å². The summed E-state index contributed by atoms with van der Waals surface area (Å²) in [6.07, 6.45) is 2.42. The minimum Gasteiger partial charge on any atom is -0.472 e. The first kappa shape index (κ1) is 15.3. The third kappa shape index (κ3) is 3.42. The molecule has 1 aromatic heterocycles. The van der Waals surface area contributed by atoms with Gasteiger partial charge in [0.25, 0.3) is 5.91 Å². The summed E-state index contributed by atoms with van der Waals surface area (Å²) in [5.41, 5.74) is 0.604. The molecular weight excluding hydrogens is 368 g/mol. The zero-order valence-electron chi connectivity index (χ0n) is 11.7. The summed E-state index contributed by atoms with van der Waals surface area (Å²) in [6, 6.07) is 10.7. The third-order valence-corrected chi connectivity index (χ3v) is 4.35. The summed E-state index contributed by atoms with van der Waals surface area (Å²) in [5, 5.41) is 0.565. The number of pyridine rings is 1. The number of rotatable bonds is 3. The van der Waals surface area contributed by atoms with Gasteiger partial charge in [-0.15, -0.1) is 0 Å². The molecule has 1 atom stereocenters. The monoisotopic (exact) mass is 380 g/mol. The number of hydrogen-bond acceptors (Lipinski definition) is 3. The van der Waals surface area contributed by atoms with Crippen LogP contribution < -0.4 is 4.74 Å². The van der Waals surface area contributed by atoms with Crippen LogP contribution in [0.15, 0.2) is 47.1 Å².